The van der Waals surface area contributed by atoms with Crippen molar-refractivity contribution < 1.29 is 19.0 Å². The van der Waals surface area contributed by atoms with Crippen LogP contribution in [0.5, 0.6) is 5.75 Å². The van der Waals surface area contributed by atoms with E-state index in [-0.39, 0.29) is 17.2 Å². The van der Waals surface area contributed by atoms with Gasteiger partial charge in [0.15, 0.2) is 11.5 Å². The first-order valence-electron chi connectivity index (χ1n) is 10.3. The van der Waals surface area contributed by atoms with Gasteiger partial charge in [0.2, 0.25) is 0 Å². The number of piperidine rings is 1. The van der Waals surface area contributed by atoms with Crippen molar-refractivity contribution in [1.82, 2.24) is 14.7 Å². The zero-order valence-electron chi connectivity index (χ0n) is 17.2. The summed E-state index contributed by atoms with van der Waals surface area (Å²) in [5.74, 6) is -0.0902. The van der Waals surface area contributed by atoms with E-state index in [0.29, 0.717) is 61.4 Å². The summed E-state index contributed by atoms with van der Waals surface area (Å²) in [6.07, 6.45) is 1.24. The van der Waals surface area contributed by atoms with Crippen LogP contribution >= 0.6 is 0 Å². The zero-order valence-corrected chi connectivity index (χ0v) is 17.2. The van der Waals surface area contributed by atoms with Gasteiger partial charge in [-0.1, -0.05) is 18.2 Å². The van der Waals surface area contributed by atoms with E-state index in [4.69, 9.17) is 14.2 Å². The molecule has 1 aromatic heterocycles. The Kier molecular flexibility index (Phi) is 4.95. The van der Waals surface area contributed by atoms with Crippen LogP contribution in [0, 0.1) is 0 Å². The Balaban J connectivity index is 1.54. The van der Waals surface area contributed by atoms with E-state index in [1.165, 1.54) is 4.68 Å². The summed E-state index contributed by atoms with van der Waals surface area (Å²) < 4.78 is 18.0. The number of carbonyl (C=O) groups excluding carboxylic acids is 1. The number of hydrogen-bond acceptors (Lipinski definition) is 6. The SMILES string of the molecule is COc1ccc(-n2nc(C(=O)N3CCC4(CC3)OCCO4)c3ccccc3c2=O)cc1. The van der Waals surface area contributed by atoms with Crippen LogP contribution in [-0.2, 0) is 9.47 Å². The van der Waals surface area contributed by atoms with Gasteiger partial charge in [0, 0.05) is 31.3 Å². The summed E-state index contributed by atoms with van der Waals surface area (Å²) in [5, 5.41) is 5.50. The predicted molar refractivity (Wildman–Crippen MR) is 114 cm³/mol. The minimum absolute atomic E-state index is 0.202. The highest BCUT2D eigenvalue weighted by Gasteiger charge is 2.41. The molecular formula is C23H23N3O5. The quantitative estimate of drug-likeness (QED) is 0.646. The molecule has 1 amide bonds. The van der Waals surface area contributed by atoms with Gasteiger partial charge in [0.05, 0.1) is 31.4 Å². The molecule has 0 aliphatic carbocycles. The van der Waals surface area contributed by atoms with Crippen molar-refractivity contribution in [1.29, 1.82) is 0 Å². The zero-order chi connectivity index (χ0) is 21.4. The van der Waals surface area contributed by atoms with Gasteiger partial charge in [-0.05, 0) is 30.3 Å². The van der Waals surface area contributed by atoms with Gasteiger partial charge in [-0.15, -0.1) is 0 Å². The van der Waals surface area contributed by atoms with Gasteiger partial charge in [-0.25, -0.2) is 0 Å². The van der Waals surface area contributed by atoms with Crippen LogP contribution in [0.4, 0.5) is 0 Å². The van der Waals surface area contributed by atoms with Gasteiger partial charge in [0.1, 0.15) is 5.75 Å². The highest BCUT2D eigenvalue weighted by molar-refractivity contribution is 6.04. The Bertz CT molecular complexity index is 1170. The number of nitrogens with zero attached hydrogens (tertiary/aromatic N) is 3. The molecule has 0 atom stereocenters. The molecule has 8 nitrogen and oxygen atoms in total. The number of amides is 1. The predicted octanol–water partition coefficient (Wildman–Crippen LogP) is 2.37. The summed E-state index contributed by atoms with van der Waals surface area (Å²) in [6.45, 7) is 2.20. The highest BCUT2D eigenvalue weighted by Crippen LogP contribution is 2.32. The van der Waals surface area contributed by atoms with Crippen LogP contribution in [0.2, 0.25) is 0 Å². The van der Waals surface area contributed by atoms with E-state index < -0.39 is 5.79 Å². The highest BCUT2D eigenvalue weighted by atomic mass is 16.7. The minimum atomic E-state index is -0.561. The van der Waals surface area contributed by atoms with Gasteiger partial charge in [-0.2, -0.15) is 9.78 Å². The lowest BCUT2D eigenvalue weighted by Gasteiger charge is -2.37. The average Bonchev–Trinajstić information content (AvgIpc) is 3.27. The number of hydrogen-bond donors (Lipinski definition) is 0. The Morgan fingerprint density at radius 3 is 2.29 bits per heavy atom. The lowest BCUT2D eigenvalue weighted by molar-refractivity contribution is -0.181. The van der Waals surface area contributed by atoms with Gasteiger partial charge < -0.3 is 19.1 Å². The molecule has 1 spiro atoms. The minimum Gasteiger partial charge on any atom is -0.497 e. The van der Waals surface area contributed by atoms with Gasteiger partial charge in [-0.3, -0.25) is 9.59 Å². The number of likely N-dealkylation sites (tertiary alicyclic amines) is 1. The lowest BCUT2D eigenvalue weighted by atomic mass is 10.0. The van der Waals surface area contributed by atoms with Crippen molar-refractivity contribution >= 4 is 16.7 Å². The summed E-state index contributed by atoms with van der Waals surface area (Å²) in [7, 11) is 1.58. The second kappa shape index (κ2) is 7.79. The number of carbonyl (C=O) groups is 1. The molecule has 2 aliphatic heterocycles. The average molecular weight is 421 g/mol. The first-order chi connectivity index (χ1) is 15.1. The number of ether oxygens (including phenoxy) is 3. The molecule has 0 unspecified atom stereocenters. The Hall–Kier alpha value is -3.23. The Morgan fingerprint density at radius 1 is 1.00 bits per heavy atom. The summed E-state index contributed by atoms with van der Waals surface area (Å²) >= 11 is 0. The molecule has 8 heteroatoms. The largest absolute Gasteiger partial charge is 0.497 e. The molecule has 0 N–H and O–H groups in total. The monoisotopic (exact) mass is 421 g/mol. The van der Waals surface area contributed by atoms with E-state index in [2.05, 4.69) is 5.10 Å². The fourth-order valence-electron chi connectivity index (χ4n) is 4.23. The van der Waals surface area contributed by atoms with Crippen molar-refractivity contribution in [2.24, 2.45) is 0 Å². The number of fused-ring (bicyclic) bond motifs is 1. The van der Waals surface area contributed by atoms with E-state index in [1.807, 2.05) is 6.07 Å². The van der Waals surface area contributed by atoms with Crippen LogP contribution in [0.3, 0.4) is 0 Å². The van der Waals surface area contributed by atoms with Crippen LogP contribution < -0.4 is 10.3 Å². The van der Waals surface area contributed by atoms with Crippen molar-refractivity contribution in [2.45, 2.75) is 18.6 Å². The second-order valence-electron chi connectivity index (χ2n) is 7.71. The smallest absolute Gasteiger partial charge is 0.279 e. The van der Waals surface area contributed by atoms with Crippen molar-refractivity contribution in [2.75, 3.05) is 33.4 Å². The van der Waals surface area contributed by atoms with E-state index in [9.17, 15) is 9.59 Å². The molecular weight excluding hydrogens is 398 g/mol. The molecule has 3 aromatic rings. The lowest BCUT2D eigenvalue weighted by Crippen LogP contribution is -2.47. The summed E-state index contributed by atoms with van der Waals surface area (Å²) in [5.41, 5.74) is 0.550. The molecule has 3 heterocycles. The molecule has 2 fully saturated rings. The van der Waals surface area contributed by atoms with Crippen LogP contribution in [0.1, 0.15) is 23.3 Å². The van der Waals surface area contributed by atoms with Crippen LogP contribution in [0.15, 0.2) is 53.3 Å². The fraction of sp³-hybridized carbons (Fsp3) is 0.348. The third-order valence-electron chi connectivity index (χ3n) is 5.95. The van der Waals surface area contributed by atoms with E-state index >= 15 is 0 Å². The number of benzene rings is 2. The number of aromatic nitrogens is 2. The van der Waals surface area contributed by atoms with Crippen LogP contribution in [0.25, 0.3) is 16.5 Å². The first kappa shape index (κ1) is 19.7. The second-order valence-corrected chi connectivity index (χ2v) is 7.71. The topological polar surface area (TPSA) is 82.9 Å². The molecule has 31 heavy (non-hydrogen) atoms. The molecule has 0 saturated carbocycles. The molecule has 2 aromatic carbocycles. The maximum atomic E-state index is 13.5. The van der Waals surface area contributed by atoms with Crippen molar-refractivity contribution in [3.05, 3.63) is 64.6 Å². The van der Waals surface area contributed by atoms with Crippen molar-refractivity contribution in [3.63, 3.8) is 0 Å². The van der Waals surface area contributed by atoms with Crippen LogP contribution in [-0.4, -0.2) is 59.8 Å². The maximum absolute atomic E-state index is 13.5. The number of rotatable bonds is 3. The Labute approximate surface area is 178 Å². The summed E-state index contributed by atoms with van der Waals surface area (Å²) in [6, 6.07) is 14.1. The van der Waals surface area contributed by atoms with E-state index in [1.54, 1.807) is 54.5 Å². The Morgan fingerprint density at radius 2 is 1.65 bits per heavy atom. The normalized spacial score (nSPS) is 17.9. The fourth-order valence-corrected chi connectivity index (χ4v) is 4.23. The standard InChI is InChI=1S/C23H23N3O5/c1-29-17-8-6-16(7-9-17)26-21(27)19-5-3-2-4-18(19)20(24-26)22(28)25-12-10-23(11-13-25)30-14-15-31-23/h2-9H,10-15H2,1H3. The van der Waals surface area contributed by atoms with Gasteiger partial charge in [0.25, 0.3) is 11.5 Å². The molecule has 5 rings (SSSR count). The first-order valence-corrected chi connectivity index (χ1v) is 10.3. The molecule has 2 aliphatic rings. The third kappa shape index (κ3) is 3.47. The molecule has 160 valence electrons. The molecule has 0 radical (unpaired) electrons. The van der Waals surface area contributed by atoms with Gasteiger partial charge >= 0.3 is 0 Å². The summed E-state index contributed by atoms with van der Waals surface area (Å²) in [4.78, 5) is 28.3. The van der Waals surface area contributed by atoms with Crippen molar-refractivity contribution in [3.8, 4) is 11.4 Å². The number of methoxy groups -OCH3 is 1. The molecule has 0 bridgehead atoms. The molecule has 2 saturated heterocycles. The van der Waals surface area contributed by atoms with E-state index in [0.717, 1.165) is 0 Å². The maximum Gasteiger partial charge on any atom is 0.279 e. The third-order valence-corrected chi connectivity index (χ3v) is 5.95.